The van der Waals surface area contributed by atoms with E-state index >= 15 is 0 Å². The van der Waals surface area contributed by atoms with E-state index in [-0.39, 0.29) is 49.3 Å². The fourth-order valence-corrected chi connectivity index (χ4v) is 40.5. The van der Waals surface area contributed by atoms with Crippen molar-refractivity contribution in [2.75, 3.05) is 46.0 Å². The Balaban J connectivity index is 1.13. The zero-order valence-electron chi connectivity index (χ0n) is 97.0. The van der Waals surface area contributed by atoms with Gasteiger partial charge in [0.1, 0.15) is 0 Å². The van der Waals surface area contributed by atoms with Gasteiger partial charge < -0.3 is 0 Å². The highest BCUT2D eigenvalue weighted by Crippen LogP contribution is 2.56. The molecule has 8 nitrogen and oxygen atoms in total. The third-order valence-electron chi connectivity index (χ3n) is 36.7. The average molecular weight is 2160 g/mol. The lowest BCUT2D eigenvalue weighted by atomic mass is 9.75. The van der Waals surface area contributed by atoms with Crippen LogP contribution < -0.4 is 42.5 Å². The second-order valence-corrected chi connectivity index (χ2v) is 59.6. The summed E-state index contributed by atoms with van der Waals surface area (Å²) in [7, 11) is 0. The quantitative estimate of drug-likeness (QED) is 0.0278. The Morgan fingerprint density at radius 3 is 0.271 bits per heavy atom. The Morgan fingerprint density at radius 1 is 0.111 bits per heavy atom. The van der Waals surface area contributed by atoms with Crippen molar-refractivity contribution in [2.45, 2.75) is 712 Å². The lowest BCUT2D eigenvalue weighted by Crippen LogP contribution is -2.62. The summed E-state index contributed by atoms with van der Waals surface area (Å²) in [6.45, 7) is 19.0. The smallest absolute Gasteiger partial charge is 0.0639 e. The molecule has 4 saturated carbocycles. The molecule has 0 aromatic carbocycles. The molecule has 16 heteroatoms. The molecular formula is C128H248N8S8. The van der Waals surface area contributed by atoms with Crippen LogP contribution in [-0.2, 0) is 0 Å². The van der Waals surface area contributed by atoms with Gasteiger partial charge >= 0.3 is 0 Å². The van der Waals surface area contributed by atoms with Gasteiger partial charge in [0, 0.05) is 89.3 Å². The Bertz CT molecular complexity index is 2310. The predicted molar refractivity (Wildman–Crippen MR) is 665 cm³/mol. The molecule has 5 saturated heterocycles. The van der Waals surface area contributed by atoms with E-state index < -0.39 is 0 Å². The molecule has 16 unspecified atom stereocenters. The van der Waals surface area contributed by atoms with Crippen LogP contribution in [0.5, 0.6) is 0 Å². The standard InChI is InChI=1S/C128H248N8S8/c1-9-17-25-33-41-49-57-65-73-81-97-137-105-89-90-106(138-98-82-74-66-58-50-42-34-26-18-10-2)114-113(105)121-129-122(114)134-124-117-109(141-101-85-77-69-61-53-45-37-29-21-13-5)93-94-110(142-102-86-78-70-62-54-46-38-30-22-14-6)118(117)126(131-124)136-128-120-112(144-104-88-80-72-64-56-48-40-32-24-16-8)96-95-111(143-103-87-79-71-63-55-47-39-31-23-15-7)119(120)127(132-128)135-125-116-108(140-100-84-76-68-60-52-44-36-28-20-12-4)92-91-107(115(116)123(130-125)133-121)139-99-83-75-67-59-51-43-35-27-19-11-3/h105-136H,9-104H2,1-8H3. The van der Waals surface area contributed by atoms with Crippen molar-refractivity contribution in [2.24, 2.45) is 47.3 Å². The summed E-state index contributed by atoms with van der Waals surface area (Å²) in [5.74, 6) is 15.2. The maximum atomic E-state index is 5.08. The normalized spacial score (nSPS) is 28.8. The molecule has 9 rings (SSSR count). The number of thioether (sulfide) groups is 8. The summed E-state index contributed by atoms with van der Waals surface area (Å²) in [6.07, 6.45) is 127. The Labute approximate surface area is 933 Å². The van der Waals surface area contributed by atoms with Crippen LogP contribution in [0.3, 0.4) is 0 Å². The van der Waals surface area contributed by atoms with E-state index in [1.165, 1.54) is 611 Å². The third kappa shape index (κ3) is 52.3. The first-order chi connectivity index (χ1) is 71.4. The molecule has 848 valence electrons. The first kappa shape index (κ1) is 130. The van der Waals surface area contributed by atoms with Gasteiger partial charge in [-0.2, -0.15) is 94.1 Å². The van der Waals surface area contributed by atoms with Crippen molar-refractivity contribution in [3.63, 3.8) is 0 Å². The molecule has 8 bridgehead atoms. The molecule has 0 radical (unpaired) electrons. The molecule has 144 heavy (non-hydrogen) atoms. The highest BCUT2D eigenvalue weighted by molar-refractivity contribution is 8.01. The Morgan fingerprint density at radius 2 is 0.188 bits per heavy atom. The van der Waals surface area contributed by atoms with Crippen molar-refractivity contribution < 1.29 is 0 Å². The topological polar surface area (TPSA) is 96.2 Å². The summed E-state index contributed by atoms with van der Waals surface area (Å²) in [5, 5.41) is 45.4. The number of rotatable bonds is 96. The number of nitrogens with one attached hydrogen (secondary N) is 8. The van der Waals surface area contributed by atoms with Gasteiger partial charge in [-0.25, -0.2) is 0 Å². The van der Waals surface area contributed by atoms with Crippen molar-refractivity contribution in [3.05, 3.63) is 0 Å². The maximum Gasteiger partial charge on any atom is 0.0639 e. The van der Waals surface area contributed by atoms with Gasteiger partial charge in [0.25, 0.3) is 0 Å². The van der Waals surface area contributed by atoms with Crippen LogP contribution in [0, 0.1) is 47.3 Å². The minimum atomic E-state index is 0.246. The second kappa shape index (κ2) is 87.3. The fraction of sp³-hybridized carbons (Fsp3) is 1.00. The molecular weight excluding hydrogens is 1910 g/mol. The molecule has 16 atom stereocenters. The van der Waals surface area contributed by atoms with E-state index in [4.69, 9.17) is 42.5 Å². The fourth-order valence-electron chi connectivity index (χ4n) is 28.2. The van der Waals surface area contributed by atoms with Gasteiger partial charge in [-0.3, -0.25) is 42.5 Å². The van der Waals surface area contributed by atoms with Crippen LogP contribution >= 0.6 is 94.1 Å². The molecule has 5 heterocycles. The van der Waals surface area contributed by atoms with Gasteiger partial charge in [0.05, 0.1) is 49.3 Å². The lowest BCUT2D eigenvalue weighted by molar-refractivity contribution is 0.182. The molecule has 5 aliphatic heterocycles. The van der Waals surface area contributed by atoms with E-state index in [0.29, 0.717) is 89.3 Å². The minimum absolute atomic E-state index is 0.246. The molecule has 8 N–H and O–H groups in total. The molecule has 0 aromatic heterocycles. The van der Waals surface area contributed by atoms with Gasteiger partial charge in [0.2, 0.25) is 0 Å². The molecule has 0 aromatic rings. The average Bonchev–Trinajstić information content (AvgIpc) is 1.57. The van der Waals surface area contributed by atoms with Crippen LogP contribution in [0.25, 0.3) is 0 Å². The van der Waals surface area contributed by atoms with E-state index in [0.717, 1.165) is 0 Å². The predicted octanol–water partition coefficient (Wildman–Crippen LogP) is 39.7. The Hall–Kier alpha value is 2.48. The molecule has 0 spiro atoms. The summed E-state index contributed by atoms with van der Waals surface area (Å²) in [6, 6.07) is 0. The van der Waals surface area contributed by atoms with Crippen molar-refractivity contribution in [1.29, 1.82) is 0 Å². The van der Waals surface area contributed by atoms with Crippen LogP contribution in [0.15, 0.2) is 0 Å². The molecule has 4 aliphatic carbocycles. The highest BCUT2D eigenvalue weighted by atomic mass is 32.2. The number of hydrogen-bond donors (Lipinski definition) is 8. The van der Waals surface area contributed by atoms with E-state index in [1.807, 2.05) is 0 Å². The molecule has 9 fully saturated rings. The van der Waals surface area contributed by atoms with Gasteiger partial charge in [0.15, 0.2) is 0 Å². The number of fused-ring (bicyclic) bond motifs is 20. The second-order valence-electron chi connectivity index (χ2n) is 48.8. The zero-order valence-corrected chi connectivity index (χ0v) is 104. The Kier molecular flexibility index (Phi) is 78.8. The first-order valence-corrected chi connectivity index (χ1v) is 74.8. The number of unbranched alkanes of at least 4 members (excludes halogenated alkanes) is 72. The summed E-state index contributed by atoms with van der Waals surface area (Å²) < 4.78 is 0. The third-order valence-corrected chi connectivity index (χ3v) is 48.8. The minimum Gasteiger partial charge on any atom is -0.286 e. The van der Waals surface area contributed by atoms with Crippen molar-refractivity contribution in [3.8, 4) is 0 Å². The highest BCUT2D eigenvalue weighted by Gasteiger charge is 2.62. The van der Waals surface area contributed by atoms with E-state index in [9.17, 15) is 0 Å². The SMILES string of the molecule is CCCCCCCCCCCCSC1CCC(SCCCCCCCCCCCC)C2C3NC(NC4NC(NC5NC(NC6NC(N3)C3C(SCCCCCCCCCCCC)CCC(SCCCCCCCCCCCC)C63)C3C(SCCCCCCCCCCCC)CCC(SCCCCCCCCCCCC)C53)C3C(SCCCCCCCCCCCC)CCC(SCCCCCCCCCCCC)C43)C12. The summed E-state index contributed by atoms with van der Waals surface area (Å²) >= 11 is 20.0. The van der Waals surface area contributed by atoms with Crippen molar-refractivity contribution in [1.82, 2.24) is 42.5 Å². The maximum absolute atomic E-state index is 5.08. The van der Waals surface area contributed by atoms with E-state index in [2.05, 4.69) is 149 Å². The summed E-state index contributed by atoms with van der Waals surface area (Å²) in [5.41, 5.74) is 0. The summed E-state index contributed by atoms with van der Waals surface area (Å²) in [4.78, 5) is 0. The zero-order chi connectivity index (χ0) is 101. The van der Waals surface area contributed by atoms with Crippen LogP contribution in [0.4, 0.5) is 0 Å². The van der Waals surface area contributed by atoms with Crippen molar-refractivity contribution >= 4 is 94.1 Å². The molecule has 9 aliphatic rings. The van der Waals surface area contributed by atoms with Crippen LogP contribution in [-0.4, -0.2) is 137 Å². The first-order valence-electron chi connectivity index (χ1n) is 66.4. The van der Waals surface area contributed by atoms with E-state index in [1.54, 1.807) is 0 Å². The monoisotopic (exact) mass is 2150 g/mol. The van der Waals surface area contributed by atoms with Crippen LogP contribution in [0.2, 0.25) is 0 Å². The lowest BCUT2D eigenvalue weighted by Gasteiger charge is -2.45. The van der Waals surface area contributed by atoms with Crippen LogP contribution in [0.1, 0.15) is 620 Å². The number of hydrogen-bond acceptors (Lipinski definition) is 16. The largest absolute Gasteiger partial charge is 0.286 e. The van der Waals surface area contributed by atoms with Gasteiger partial charge in [-0.15, -0.1) is 0 Å². The molecule has 0 amide bonds. The van der Waals surface area contributed by atoms with Gasteiger partial charge in [-0.1, -0.05) is 518 Å². The van der Waals surface area contributed by atoms with Gasteiger partial charge in [-0.05, 0) is 149 Å².